The molecule has 1 amide bonds. The Morgan fingerprint density at radius 2 is 1.81 bits per heavy atom. The summed E-state index contributed by atoms with van der Waals surface area (Å²) in [5, 5.41) is 14.3. The second-order valence-corrected chi connectivity index (χ2v) is 10.7. The number of carbonyl (C=O) groups is 1. The minimum absolute atomic E-state index is 0.0215. The Morgan fingerprint density at radius 1 is 1.16 bits per heavy atom. The van der Waals surface area contributed by atoms with Gasteiger partial charge in [-0.1, -0.05) is 36.4 Å². The lowest BCUT2D eigenvalue weighted by Gasteiger charge is -2.18. The maximum atomic E-state index is 13.4. The fourth-order valence-corrected chi connectivity index (χ4v) is 4.17. The summed E-state index contributed by atoms with van der Waals surface area (Å²) in [6, 6.07) is 12.2. The van der Waals surface area contributed by atoms with E-state index in [2.05, 4.69) is 5.10 Å². The van der Waals surface area contributed by atoms with Crippen LogP contribution in [0.1, 0.15) is 32.8 Å². The van der Waals surface area contributed by atoms with Crippen molar-refractivity contribution in [1.29, 1.82) is 0 Å². The minimum Gasteiger partial charge on any atom is -0.487 e. The molecule has 3 aromatic rings. The highest BCUT2D eigenvalue weighted by atomic mass is 32.2. The number of halogens is 1. The van der Waals surface area contributed by atoms with E-state index in [0.29, 0.717) is 22.4 Å². The number of hydrogen-bond acceptors (Lipinski definition) is 7. The fourth-order valence-electron chi connectivity index (χ4n) is 3.30. The van der Waals surface area contributed by atoms with Crippen LogP contribution in [0.3, 0.4) is 0 Å². The van der Waals surface area contributed by atoms with E-state index in [-0.39, 0.29) is 24.5 Å². The molecule has 1 heterocycles. The SMILES string of the molecule is CC(=O)NS(=O)(=O)CC=Cc1ccc(-c2cnn(-c3ccc(F)cc3)c(=O)c2OCCC(C)(C)O)cc1. The van der Waals surface area contributed by atoms with Crippen LogP contribution >= 0.6 is 0 Å². The lowest BCUT2D eigenvalue weighted by atomic mass is 10.0. The highest BCUT2D eigenvalue weighted by Gasteiger charge is 2.18. The summed E-state index contributed by atoms with van der Waals surface area (Å²) >= 11 is 0. The van der Waals surface area contributed by atoms with Crippen molar-refractivity contribution in [3.8, 4) is 22.6 Å². The van der Waals surface area contributed by atoms with Gasteiger partial charge >= 0.3 is 5.56 Å². The van der Waals surface area contributed by atoms with Crippen LogP contribution in [0.25, 0.3) is 22.9 Å². The lowest BCUT2D eigenvalue weighted by Crippen LogP contribution is -2.29. The van der Waals surface area contributed by atoms with Gasteiger partial charge in [-0.25, -0.2) is 12.8 Å². The van der Waals surface area contributed by atoms with Gasteiger partial charge in [-0.05, 0) is 49.2 Å². The standard InChI is InChI=1S/C26H28FN3O6S/c1-18(31)29-37(34,35)16-4-5-19-6-8-20(9-7-19)23-17-28-30(22-12-10-21(27)11-13-22)25(32)24(23)36-15-14-26(2,3)33/h4-13,17,33H,14-16H2,1-3H3,(H,29,31). The van der Waals surface area contributed by atoms with E-state index in [1.807, 2.05) is 4.72 Å². The summed E-state index contributed by atoms with van der Waals surface area (Å²) in [5.74, 6) is -1.45. The molecule has 0 saturated heterocycles. The number of aliphatic hydroxyl groups is 1. The molecule has 11 heteroatoms. The van der Waals surface area contributed by atoms with Gasteiger partial charge in [0.05, 0.1) is 29.8 Å². The van der Waals surface area contributed by atoms with Crippen LogP contribution in [0, 0.1) is 5.82 Å². The third kappa shape index (κ3) is 8.09. The third-order valence-corrected chi connectivity index (χ3v) is 6.34. The first-order chi connectivity index (χ1) is 17.3. The monoisotopic (exact) mass is 529 g/mol. The van der Waals surface area contributed by atoms with Gasteiger partial charge in [0.25, 0.3) is 0 Å². The first-order valence-electron chi connectivity index (χ1n) is 11.4. The van der Waals surface area contributed by atoms with Crippen LogP contribution in [-0.2, 0) is 14.8 Å². The zero-order valence-electron chi connectivity index (χ0n) is 20.6. The van der Waals surface area contributed by atoms with Crippen molar-refractivity contribution in [1.82, 2.24) is 14.5 Å². The molecule has 3 rings (SSSR count). The van der Waals surface area contributed by atoms with Gasteiger partial charge < -0.3 is 9.84 Å². The van der Waals surface area contributed by atoms with Crippen molar-refractivity contribution < 1.29 is 27.4 Å². The van der Waals surface area contributed by atoms with Crippen molar-refractivity contribution in [3.63, 3.8) is 0 Å². The maximum Gasteiger partial charge on any atom is 0.314 e. The average molecular weight is 530 g/mol. The quantitative estimate of drug-likeness (QED) is 0.413. The Labute approximate surface area is 214 Å². The number of carbonyl (C=O) groups excluding carboxylic acids is 1. The Hall–Kier alpha value is -3.83. The van der Waals surface area contributed by atoms with Crippen LogP contribution in [-0.4, -0.2) is 47.2 Å². The third-order valence-electron chi connectivity index (χ3n) is 5.11. The summed E-state index contributed by atoms with van der Waals surface area (Å²) in [6.07, 6.45) is 4.75. The zero-order valence-corrected chi connectivity index (χ0v) is 21.5. The summed E-state index contributed by atoms with van der Waals surface area (Å²) in [4.78, 5) is 24.3. The number of hydrogen-bond donors (Lipinski definition) is 2. The maximum absolute atomic E-state index is 13.4. The van der Waals surface area contributed by atoms with Gasteiger partial charge in [-0.2, -0.15) is 9.78 Å². The predicted octanol–water partition coefficient (Wildman–Crippen LogP) is 3.06. The molecule has 2 aromatic carbocycles. The van der Waals surface area contributed by atoms with E-state index in [4.69, 9.17) is 4.74 Å². The van der Waals surface area contributed by atoms with Gasteiger partial charge in [0.2, 0.25) is 15.9 Å². The van der Waals surface area contributed by atoms with Crippen LogP contribution < -0.4 is 15.0 Å². The van der Waals surface area contributed by atoms with Crippen molar-refractivity contribution in [2.75, 3.05) is 12.4 Å². The van der Waals surface area contributed by atoms with E-state index < -0.39 is 32.9 Å². The van der Waals surface area contributed by atoms with Crippen molar-refractivity contribution >= 4 is 22.0 Å². The lowest BCUT2D eigenvalue weighted by molar-refractivity contribution is -0.117. The highest BCUT2D eigenvalue weighted by Crippen LogP contribution is 2.28. The smallest absolute Gasteiger partial charge is 0.314 e. The fraction of sp³-hybridized carbons (Fsp3) is 0.269. The molecule has 0 fully saturated rings. The van der Waals surface area contributed by atoms with E-state index in [1.54, 1.807) is 44.2 Å². The van der Waals surface area contributed by atoms with Crippen LogP contribution in [0.4, 0.5) is 4.39 Å². The van der Waals surface area contributed by atoms with E-state index in [0.717, 1.165) is 11.6 Å². The topological polar surface area (TPSA) is 128 Å². The molecule has 9 nitrogen and oxygen atoms in total. The number of nitrogens with zero attached hydrogens (tertiary/aromatic N) is 2. The number of ether oxygens (including phenoxy) is 1. The largest absolute Gasteiger partial charge is 0.487 e. The first kappa shape index (κ1) is 27.8. The molecule has 0 aliphatic rings. The Bertz CT molecular complexity index is 1440. The number of amides is 1. The van der Waals surface area contributed by atoms with E-state index in [9.17, 15) is 27.5 Å². The summed E-state index contributed by atoms with van der Waals surface area (Å²) < 4.78 is 45.7. The minimum atomic E-state index is -3.75. The van der Waals surface area contributed by atoms with Gasteiger partial charge in [0.1, 0.15) is 5.82 Å². The molecule has 2 N–H and O–H groups in total. The van der Waals surface area contributed by atoms with Gasteiger partial charge in [0, 0.05) is 18.9 Å². The molecule has 37 heavy (non-hydrogen) atoms. The number of benzene rings is 2. The second kappa shape index (κ2) is 11.5. The van der Waals surface area contributed by atoms with Gasteiger partial charge in [-0.3, -0.25) is 14.3 Å². The van der Waals surface area contributed by atoms with Crippen molar-refractivity contribution in [3.05, 3.63) is 82.5 Å². The molecular formula is C26H28FN3O6S. The van der Waals surface area contributed by atoms with Gasteiger partial charge in [-0.15, -0.1) is 0 Å². The first-order valence-corrected chi connectivity index (χ1v) is 13.0. The molecule has 196 valence electrons. The van der Waals surface area contributed by atoms with E-state index in [1.165, 1.54) is 36.5 Å². The number of nitrogens with one attached hydrogen (secondary N) is 1. The Morgan fingerprint density at radius 3 is 2.41 bits per heavy atom. The highest BCUT2D eigenvalue weighted by molar-refractivity contribution is 7.90. The molecule has 0 aliphatic carbocycles. The summed E-state index contributed by atoms with van der Waals surface area (Å²) in [5.41, 5.74) is 0.552. The molecule has 1 aromatic heterocycles. The average Bonchev–Trinajstić information content (AvgIpc) is 2.79. The molecule has 0 atom stereocenters. The number of rotatable bonds is 10. The molecule has 0 bridgehead atoms. The predicted molar refractivity (Wildman–Crippen MR) is 138 cm³/mol. The molecule has 0 spiro atoms. The molecular weight excluding hydrogens is 501 g/mol. The van der Waals surface area contributed by atoms with Crippen molar-refractivity contribution in [2.45, 2.75) is 32.8 Å². The van der Waals surface area contributed by atoms with E-state index >= 15 is 0 Å². The van der Waals surface area contributed by atoms with Crippen LogP contribution in [0.15, 0.2) is 65.6 Å². The molecule has 0 aliphatic heterocycles. The molecule has 0 saturated carbocycles. The molecule has 0 radical (unpaired) electrons. The Kier molecular flexibility index (Phi) is 8.61. The number of sulfonamides is 1. The van der Waals surface area contributed by atoms with Crippen LogP contribution in [0.2, 0.25) is 0 Å². The van der Waals surface area contributed by atoms with Crippen LogP contribution in [0.5, 0.6) is 5.75 Å². The van der Waals surface area contributed by atoms with Crippen molar-refractivity contribution in [2.24, 2.45) is 0 Å². The normalized spacial score (nSPS) is 12.0. The zero-order chi connectivity index (χ0) is 27.2. The number of aromatic nitrogens is 2. The summed E-state index contributed by atoms with van der Waals surface area (Å²) in [6.45, 7) is 4.46. The van der Waals surface area contributed by atoms with Gasteiger partial charge in [0.15, 0.2) is 5.75 Å². The molecule has 0 unspecified atom stereocenters. The second-order valence-electron chi connectivity index (χ2n) is 8.96. The Balaban J connectivity index is 1.91. The summed E-state index contributed by atoms with van der Waals surface area (Å²) in [7, 11) is -3.75.